The summed E-state index contributed by atoms with van der Waals surface area (Å²) in [7, 11) is 1.83. The van der Waals surface area contributed by atoms with E-state index >= 15 is 0 Å². The molecule has 0 saturated carbocycles. The van der Waals surface area contributed by atoms with Crippen molar-refractivity contribution in [3.8, 4) is 0 Å². The van der Waals surface area contributed by atoms with Gasteiger partial charge in [-0.15, -0.1) is 0 Å². The van der Waals surface area contributed by atoms with Crippen LogP contribution in [0.2, 0.25) is 0 Å². The van der Waals surface area contributed by atoms with Gasteiger partial charge in [-0.05, 0) is 40.0 Å². The molecule has 0 aliphatic heterocycles. The van der Waals surface area contributed by atoms with E-state index in [1.54, 1.807) is 23.1 Å². The summed E-state index contributed by atoms with van der Waals surface area (Å²) in [6.07, 6.45) is 1.07. The highest BCUT2D eigenvalue weighted by atomic mass is 79.9. The van der Waals surface area contributed by atoms with Crippen molar-refractivity contribution in [2.24, 2.45) is 5.92 Å². The van der Waals surface area contributed by atoms with Gasteiger partial charge in [0.1, 0.15) is 0 Å². The summed E-state index contributed by atoms with van der Waals surface area (Å²) in [4.78, 5) is 13.9. The zero-order valence-electron chi connectivity index (χ0n) is 10.5. The summed E-state index contributed by atoms with van der Waals surface area (Å²) >= 11 is 3.33. The molecule has 0 spiro atoms. The first-order valence-corrected chi connectivity index (χ1v) is 6.55. The van der Waals surface area contributed by atoms with Gasteiger partial charge in [-0.25, -0.2) is 0 Å². The molecule has 1 aromatic carbocycles. The first-order chi connectivity index (χ1) is 7.95. The van der Waals surface area contributed by atoms with Gasteiger partial charge in [-0.1, -0.05) is 20.3 Å². The van der Waals surface area contributed by atoms with Crippen molar-refractivity contribution in [1.29, 1.82) is 0 Å². The van der Waals surface area contributed by atoms with E-state index in [0.29, 0.717) is 17.2 Å². The van der Waals surface area contributed by atoms with E-state index < -0.39 is 0 Å². The van der Waals surface area contributed by atoms with Crippen LogP contribution in [0.25, 0.3) is 0 Å². The Hall–Kier alpha value is -1.03. The quantitative estimate of drug-likeness (QED) is 0.868. The van der Waals surface area contributed by atoms with Gasteiger partial charge in [0.05, 0.1) is 0 Å². The van der Waals surface area contributed by atoms with E-state index in [1.807, 2.05) is 7.05 Å². The molecule has 0 fully saturated rings. The van der Waals surface area contributed by atoms with E-state index in [9.17, 15) is 4.79 Å². The first-order valence-electron chi connectivity index (χ1n) is 5.76. The van der Waals surface area contributed by atoms with Crippen LogP contribution < -0.4 is 5.73 Å². The molecule has 3 nitrogen and oxygen atoms in total. The molecule has 0 bridgehead atoms. The highest BCUT2D eigenvalue weighted by Crippen LogP contribution is 2.21. The summed E-state index contributed by atoms with van der Waals surface area (Å²) in [5, 5.41) is 0. The second kappa shape index (κ2) is 6.05. The van der Waals surface area contributed by atoms with Gasteiger partial charge in [-0.2, -0.15) is 0 Å². The smallest absolute Gasteiger partial charge is 0.253 e. The molecule has 0 aliphatic rings. The molecule has 0 radical (unpaired) electrons. The third-order valence-corrected chi connectivity index (χ3v) is 3.56. The lowest BCUT2D eigenvalue weighted by atomic mass is 10.1. The molecule has 0 aromatic heterocycles. The summed E-state index contributed by atoms with van der Waals surface area (Å²) in [5.41, 5.74) is 7.00. The summed E-state index contributed by atoms with van der Waals surface area (Å²) in [6.45, 7) is 5.04. The number of nitrogens with zero attached hydrogens (tertiary/aromatic N) is 1. The molecule has 17 heavy (non-hydrogen) atoms. The monoisotopic (exact) mass is 298 g/mol. The largest absolute Gasteiger partial charge is 0.398 e. The van der Waals surface area contributed by atoms with Crippen molar-refractivity contribution >= 4 is 27.5 Å². The molecule has 0 saturated heterocycles. The van der Waals surface area contributed by atoms with Gasteiger partial charge >= 0.3 is 0 Å². The molecule has 2 N–H and O–H groups in total. The Morgan fingerprint density at radius 1 is 1.53 bits per heavy atom. The van der Waals surface area contributed by atoms with E-state index in [0.717, 1.165) is 17.4 Å². The first kappa shape index (κ1) is 14.0. The number of hydrogen-bond acceptors (Lipinski definition) is 2. The van der Waals surface area contributed by atoms with Gasteiger partial charge in [-0.3, -0.25) is 4.79 Å². The van der Waals surface area contributed by atoms with Crippen LogP contribution in [0.15, 0.2) is 22.7 Å². The van der Waals surface area contributed by atoms with Crippen LogP contribution in [0.1, 0.15) is 30.6 Å². The molecule has 94 valence electrons. The third kappa shape index (κ3) is 3.73. The molecule has 1 rings (SSSR count). The zero-order valence-corrected chi connectivity index (χ0v) is 12.1. The van der Waals surface area contributed by atoms with Crippen molar-refractivity contribution < 1.29 is 4.79 Å². The molecule has 1 aromatic rings. The fourth-order valence-corrected chi connectivity index (χ4v) is 1.94. The Labute approximate surface area is 111 Å². The molecular formula is C13H19BrN2O. The number of amides is 1. The van der Waals surface area contributed by atoms with Crippen LogP contribution in [0, 0.1) is 5.92 Å². The van der Waals surface area contributed by atoms with Crippen molar-refractivity contribution in [1.82, 2.24) is 4.90 Å². The summed E-state index contributed by atoms with van der Waals surface area (Å²) in [6, 6.07) is 5.27. The predicted octanol–water partition coefficient (Wildman–Crippen LogP) is 3.15. The lowest BCUT2D eigenvalue weighted by Gasteiger charge is -2.21. The fourth-order valence-electron chi connectivity index (χ4n) is 1.56. The molecule has 0 heterocycles. The van der Waals surface area contributed by atoms with E-state index in [1.165, 1.54) is 0 Å². The second-order valence-electron chi connectivity index (χ2n) is 4.44. The maximum Gasteiger partial charge on any atom is 0.253 e. The minimum atomic E-state index is 0.0333. The average Bonchev–Trinajstić information content (AvgIpc) is 2.31. The number of carbonyl (C=O) groups is 1. The predicted molar refractivity (Wildman–Crippen MR) is 75.0 cm³/mol. The maximum absolute atomic E-state index is 12.1. The van der Waals surface area contributed by atoms with E-state index in [4.69, 9.17) is 5.73 Å². The Kier molecular flexibility index (Phi) is 5.00. The molecule has 1 amide bonds. The number of anilines is 1. The van der Waals surface area contributed by atoms with Crippen molar-refractivity contribution in [3.05, 3.63) is 28.2 Å². The molecule has 1 atom stereocenters. The van der Waals surface area contributed by atoms with Gasteiger partial charge in [0.15, 0.2) is 0 Å². The van der Waals surface area contributed by atoms with Gasteiger partial charge in [0.25, 0.3) is 5.91 Å². The minimum Gasteiger partial charge on any atom is -0.398 e. The lowest BCUT2D eigenvalue weighted by molar-refractivity contribution is 0.0775. The molecule has 0 aliphatic carbocycles. The zero-order chi connectivity index (χ0) is 13.0. The van der Waals surface area contributed by atoms with Crippen molar-refractivity contribution in [2.75, 3.05) is 19.3 Å². The third-order valence-electron chi connectivity index (χ3n) is 2.88. The number of hydrogen-bond donors (Lipinski definition) is 1. The lowest BCUT2D eigenvalue weighted by Crippen LogP contribution is -2.30. The Balaban J connectivity index is 2.78. The van der Waals surface area contributed by atoms with Crippen LogP contribution in [0.4, 0.5) is 5.69 Å². The van der Waals surface area contributed by atoms with Gasteiger partial charge < -0.3 is 10.6 Å². The average molecular weight is 299 g/mol. The Bertz CT molecular complexity index is 406. The highest BCUT2D eigenvalue weighted by Gasteiger charge is 2.14. The van der Waals surface area contributed by atoms with Crippen LogP contribution in [0.5, 0.6) is 0 Å². The van der Waals surface area contributed by atoms with Gasteiger partial charge in [0.2, 0.25) is 0 Å². The van der Waals surface area contributed by atoms with Crippen LogP contribution in [0.3, 0.4) is 0 Å². The fraction of sp³-hybridized carbons (Fsp3) is 0.462. The number of rotatable bonds is 4. The van der Waals surface area contributed by atoms with Crippen molar-refractivity contribution in [3.63, 3.8) is 0 Å². The van der Waals surface area contributed by atoms with Gasteiger partial charge in [0, 0.05) is 29.3 Å². The topological polar surface area (TPSA) is 46.3 Å². The maximum atomic E-state index is 12.1. The Morgan fingerprint density at radius 3 is 2.71 bits per heavy atom. The number of benzene rings is 1. The van der Waals surface area contributed by atoms with Crippen LogP contribution in [-0.4, -0.2) is 24.4 Å². The number of nitrogen functional groups attached to an aromatic ring is 1. The molecule has 4 heteroatoms. The van der Waals surface area contributed by atoms with Crippen molar-refractivity contribution in [2.45, 2.75) is 20.3 Å². The van der Waals surface area contributed by atoms with E-state index in [2.05, 4.69) is 29.8 Å². The standard InChI is InChI=1S/C13H19BrN2O/c1-4-9(2)8-16(3)13(17)10-5-6-12(15)11(14)7-10/h5-7,9H,4,8,15H2,1-3H3. The number of halogens is 1. The normalized spacial score (nSPS) is 12.2. The Morgan fingerprint density at radius 2 is 2.18 bits per heavy atom. The molecular weight excluding hydrogens is 280 g/mol. The van der Waals surface area contributed by atoms with Crippen LogP contribution in [-0.2, 0) is 0 Å². The van der Waals surface area contributed by atoms with E-state index in [-0.39, 0.29) is 5.91 Å². The second-order valence-corrected chi connectivity index (χ2v) is 5.29. The molecule has 1 unspecified atom stereocenters. The number of nitrogens with two attached hydrogens (primary N) is 1. The highest BCUT2D eigenvalue weighted by molar-refractivity contribution is 9.10. The summed E-state index contributed by atoms with van der Waals surface area (Å²) < 4.78 is 0.764. The summed E-state index contributed by atoms with van der Waals surface area (Å²) in [5.74, 6) is 0.548. The SMILES string of the molecule is CCC(C)CN(C)C(=O)c1ccc(N)c(Br)c1. The number of carbonyl (C=O) groups excluding carboxylic acids is 1. The van der Waals surface area contributed by atoms with Crippen LogP contribution >= 0.6 is 15.9 Å². The minimum absolute atomic E-state index is 0.0333.